The Morgan fingerprint density at radius 1 is 1.11 bits per heavy atom. The summed E-state index contributed by atoms with van der Waals surface area (Å²) in [6.07, 6.45) is 0. The zero-order valence-corrected chi connectivity index (χ0v) is 13.0. The average molecular weight is 366 g/mol. The van der Waals surface area contributed by atoms with Gasteiger partial charge in [-0.05, 0) is 52.9 Å². The van der Waals surface area contributed by atoms with Crippen molar-refractivity contribution in [1.29, 1.82) is 0 Å². The largest absolute Gasteiger partial charge is 0.376 e. The van der Waals surface area contributed by atoms with Crippen LogP contribution in [0.25, 0.3) is 0 Å². The number of rotatable bonds is 3. The number of halogens is 1. The molecule has 0 aliphatic rings. The van der Waals surface area contributed by atoms with E-state index in [0.717, 1.165) is 14.9 Å². The number of para-hydroxylation sites is 2. The molecule has 3 nitrogen and oxygen atoms in total. The molecule has 2 aromatic rings. The predicted molar refractivity (Wildman–Crippen MR) is 87.9 cm³/mol. The molecule has 2 aromatic carbocycles. The Labute approximate surface area is 126 Å². The first-order chi connectivity index (χ1) is 9.08. The van der Waals surface area contributed by atoms with Crippen molar-refractivity contribution in [2.24, 2.45) is 0 Å². The van der Waals surface area contributed by atoms with Gasteiger partial charge < -0.3 is 10.2 Å². The van der Waals surface area contributed by atoms with Gasteiger partial charge in [0.15, 0.2) is 0 Å². The quantitative estimate of drug-likeness (QED) is 0.842. The fraction of sp³-hybridized carbons (Fsp3) is 0.133. The fourth-order valence-corrected chi connectivity index (χ4v) is 2.34. The number of benzene rings is 2. The SMILES string of the molecule is CN(C)c1ccccc1NC(=O)c1cccc(I)c1. The van der Waals surface area contributed by atoms with E-state index in [2.05, 4.69) is 27.9 Å². The van der Waals surface area contributed by atoms with Crippen LogP contribution in [0.4, 0.5) is 11.4 Å². The first-order valence-corrected chi connectivity index (χ1v) is 6.99. The van der Waals surface area contributed by atoms with Gasteiger partial charge in [-0.25, -0.2) is 0 Å². The van der Waals surface area contributed by atoms with Crippen LogP contribution in [-0.4, -0.2) is 20.0 Å². The molecule has 0 aliphatic heterocycles. The molecule has 98 valence electrons. The Kier molecular flexibility index (Phi) is 4.42. The highest BCUT2D eigenvalue weighted by atomic mass is 127. The van der Waals surface area contributed by atoms with Crippen LogP contribution < -0.4 is 10.2 Å². The van der Waals surface area contributed by atoms with E-state index in [4.69, 9.17) is 0 Å². The lowest BCUT2D eigenvalue weighted by Crippen LogP contribution is -2.16. The Morgan fingerprint density at radius 3 is 2.53 bits per heavy atom. The maximum absolute atomic E-state index is 12.2. The second-order valence-electron chi connectivity index (χ2n) is 4.38. The third-order valence-electron chi connectivity index (χ3n) is 2.72. The summed E-state index contributed by atoms with van der Waals surface area (Å²) in [4.78, 5) is 14.2. The minimum absolute atomic E-state index is 0.0900. The maximum Gasteiger partial charge on any atom is 0.255 e. The molecular weight excluding hydrogens is 351 g/mol. The van der Waals surface area contributed by atoms with Crippen molar-refractivity contribution < 1.29 is 4.79 Å². The summed E-state index contributed by atoms with van der Waals surface area (Å²) in [6, 6.07) is 15.3. The lowest BCUT2D eigenvalue weighted by Gasteiger charge is -2.17. The number of hydrogen-bond donors (Lipinski definition) is 1. The van der Waals surface area contributed by atoms with Gasteiger partial charge in [0.05, 0.1) is 11.4 Å². The molecule has 0 fully saturated rings. The summed E-state index contributed by atoms with van der Waals surface area (Å²) in [5.41, 5.74) is 2.47. The Morgan fingerprint density at radius 2 is 1.84 bits per heavy atom. The van der Waals surface area contributed by atoms with Crippen LogP contribution in [0.3, 0.4) is 0 Å². The predicted octanol–water partition coefficient (Wildman–Crippen LogP) is 3.61. The van der Waals surface area contributed by atoms with E-state index in [9.17, 15) is 4.79 Å². The molecule has 0 saturated carbocycles. The molecule has 0 aliphatic carbocycles. The molecule has 0 unspecified atom stereocenters. The van der Waals surface area contributed by atoms with Crippen LogP contribution in [0.2, 0.25) is 0 Å². The summed E-state index contributed by atoms with van der Waals surface area (Å²) in [5.74, 6) is -0.0900. The number of carbonyl (C=O) groups excluding carboxylic acids is 1. The molecule has 0 bridgehead atoms. The van der Waals surface area contributed by atoms with Crippen molar-refractivity contribution >= 4 is 39.9 Å². The summed E-state index contributed by atoms with van der Waals surface area (Å²) in [5, 5.41) is 2.95. The van der Waals surface area contributed by atoms with E-state index in [1.165, 1.54) is 0 Å². The van der Waals surface area contributed by atoms with Crippen molar-refractivity contribution in [1.82, 2.24) is 0 Å². The summed E-state index contributed by atoms with van der Waals surface area (Å²) in [6.45, 7) is 0. The molecule has 0 aromatic heterocycles. The van der Waals surface area contributed by atoms with Gasteiger partial charge in [-0.15, -0.1) is 0 Å². The molecule has 1 amide bonds. The molecule has 1 N–H and O–H groups in total. The molecule has 4 heteroatoms. The van der Waals surface area contributed by atoms with Crippen molar-refractivity contribution in [3.8, 4) is 0 Å². The lowest BCUT2D eigenvalue weighted by atomic mass is 10.2. The highest BCUT2D eigenvalue weighted by Crippen LogP contribution is 2.24. The smallest absolute Gasteiger partial charge is 0.255 e. The van der Waals surface area contributed by atoms with Gasteiger partial charge in [-0.1, -0.05) is 18.2 Å². The van der Waals surface area contributed by atoms with Crippen LogP contribution in [-0.2, 0) is 0 Å². The topological polar surface area (TPSA) is 32.3 Å². The fourth-order valence-electron chi connectivity index (χ4n) is 1.79. The van der Waals surface area contributed by atoms with Gasteiger partial charge in [0.2, 0.25) is 0 Å². The number of hydrogen-bond acceptors (Lipinski definition) is 2. The number of nitrogens with one attached hydrogen (secondary N) is 1. The van der Waals surface area contributed by atoms with Crippen molar-refractivity contribution in [3.63, 3.8) is 0 Å². The standard InChI is InChI=1S/C15H15IN2O/c1-18(2)14-9-4-3-8-13(14)17-15(19)11-6-5-7-12(16)10-11/h3-10H,1-2H3,(H,17,19). The molecule has 0 saturated heterocycles. The van der Waals surface area contributed by atoms with Gasteiger partial charge in [0.1, 0.15) is 0 Å². The third-order valence-corrected chi connectivity index (χ3v) is 3.39. The molecule has 0 radical (unpaired) electrons. The minimum atomic E-state index is -0.0900. The summed E-state index contributed by atoms with van der Waals surface area (Å²) >= 11 is 2.20. The highest BCUT2D eigenvalue weighted by Gasteiger charge is 2.09. The molecule has 19 heavy (non-hydrogen) atoms. The van der Waals surface area contributed by atoms with E-state index >= 15 is 0 Å². The van der Waals surface area contributed by atoms with Crippen LogP contribution in [0.15, 0.2) is 48.5 Å². The van der Waals surface area contributed by atoms with Crippen LogP contribution in [0, 0.1) is 3.57 Å². The summed E-state index contributed by atoms with van der Waals surface area (Å²) in [7, 11) is 3.91. The van der Waals surface area contributed by atoms with Gasteiger partial charge in [-0.2, -0.15) is 0 Å². The molecule has 0 heterocycles. The number of amides is 1. The molecule has 0 spiro atoms. The van der Waals surface area contributed by atoms with Crippen molar-refractivity contribution in [2.75, 3.05) is 24.3 Å². The van der Waals surface area contributed by atoms with Crippen LogP contribution in [0.1, 0.15) is 10.4 Å². The zero-order valence-electron chi connectivity index (χ0n) is 10.9. The Hall–Kier alpha value is -1.56. The first-order valence-electron chi connectivity index (χ1n) is 5.91. The number of nitrogens with zero attached hydrogens (tertiary/aromatic N) is 1. The highest BCUT2D eigenvalue weighted by molar-refractivity contribution is 14.1. The van der Waals surface area contributed by atoms with Crippen LogP contribution in [0.5, 0.6) is 0 Å². The van der Waals surface area contributed by atoms with Gasteiger partial charge >= 0.3 is 0 Å². The maximum atomic E-state index is 12.2. The van der Waals surface area contributed by atoms with E-state index in [1.54, 1.807) is 0 Å². The monoisotopic (exact) mass is 366 g/mol. The molecule has 0 atom stereocenters. The van der Waals surface area contributed by atoms with Gasteiger partial charge in [-0.3, -0.25) is 4.79 Å². The lowest BCUT2D eigenvalue weighted by molar-refractivity contribution is 0.102. The summed E-state index contributed by atoms with van der Waals surface area (Å²) < 4.78 is 1.05. The minimum Gasteiger partial charge on any atom is -0.376 e. The van der Waals surface area contributed by atoms with E-state index in [0.29, 0.717) is 5.56 Å². The number of carbonyl (C=O) groups is 1. The second kappa shape index (κ2) is 6.06. The van der Waals surface area contributed by atoms with E-state index < -0.39 is 0 Å². The molecular formula is C15H15IN2O. The number of anilines is 2. The average Bonchev–Trinajstić information content (AvgIpc) is 2.39. The van der Waals surface area contributed by atoms with E-state index in [1.807, 2.05) is 67.5 Å². The molecule has 2 rings (SSSR count). The van der Waals surface area contributed by atoms with Crippen LogP contribution >= 0.6 is 22.6 Å². The normalized spacial score (nSPS) is 10.1. The Bertz CT molecular complexity index is 596. The Balaban J connectivity index is 2.24. The first kappa shape index (κ1) is 13.9. The van der Waals surface area contributed by atoms with Gasteiger partial charge in [0, 0.05) is 23.2 Å². The second-order valence-corrected chi connectivity index (χ2v) is 5.62. The van der Waals surface area contributed by atoms with E-state index in [-0.39, 0.29) is 5.91 Å². The third kappa shape index (κ3) is 3.47. The zero-order chi connectivity index (χ0) is 13.8. The van der Waals surface area contributed by atoms with Crippen molar-refractivity contribution in [3.05, 3.63) is 57.7 Å². The van der Waals surface area contributed by atoms with Crippen molar-refractivity contribution in [2.45, 2.75) is 0 Å². The van der Waals surface area contributed by atoms with Gasteiger partial charge in [0.25, 0.3) is 5.91 Å².